The zero-order chi connectivity index (χ0) is 32.6. The molecule has 3 fully saturated rings. The topological polar surface area (TPSA) is 278 Å². The maximum atomic E-state index is 10.8. The summed E-state index contributed by atoms with van der Waals surface area (Å²) >= 11 is 1.80. The van der Waals surface area contributed by atoms with Crippen LogP contribution in [0.4, 0.5) is 0 Å². The molecule has 5 unspecified atom stereocenters. The minimum absolute atomic E-state index is 0.0723. The van der Waals surface area contributed by atoms with Gasteiger partial charge in [-0.1, -0.05) is 13.3 Å². The number of thioether (sulfide) groups is 1. The van der Waals surface area contributed by atoms with Crippen molar-refractivity contribution >= 4 is 11.8 Å². The smallest absolute Gasteiger partial charge is 0.245 e. The fourth-order valence-corrected chi connectivity index (χ4v) is 6.16. The van der Waals surface area contributed by atoms with Gasteiger partial charge in [-0.25, -0.2) is 0 Å². The van der Waals surface area contributed by atoms with Crippen LogP contribution in [0.1, 0.15) is 32.6 Å². The quantitative estimate of drug-likeness (QED) is 0.0545. The summed E-state index contributed by atoms with van der Waals surface area (Å²) in [5, 5.41) is 113. The monoisotopic (exact) mass is 664 g/mol. The van der Waals surface area contributed by atoms with E-state index in [1.807, 2.05) is 0 Å². The van der Waals surface area contributed by atoms with Gasteiger partial charge in [-0.2, -0.15) is 11.8 Å². The second-order valence-electron chi connectivity index (χ2n) is 11.1. The van der Waals surface area contributed by atoms with Crippen LogP contribution in [0.2, 0.25) is 0 Å². The van der Waals surface area contributed by atoms with E-state index in [2.05, 4.69) is 6.92 Å². The number of aliphatic hydroxyl groups excluding tert-OH is 9. The molecule has 0 aliphatic carbocycles. The summed E-state index contributed by atoms with van der Waals surface area (Å²) in [7, 11) is 0. The second kappa shape index (κ2) is 17.7. The molecule has 3 aliphatic heterocycles. The Bertz CT molecular complexity index is 823. The summed E-state index contributed by atoms with van der Waals surface area (Å²) in [4.78, 5) is 0. The highest BCUT2D eigenvalue weighted by molar-refractivity contribution is 7.99. The first-order chi connectivity index (χ1) is 20.9. The van der Waals surface area contributed by atoms with Crippen molar-refractivity contribution in [2.75, 3.05) is 37.9 Å². The largest absolute Gasteiger partial charge is 0.394 e. The average molecular weight is 665 g/mol. The zero-order valence-electron chi connectivity index (χ0n) is 24.4. The Labute approximate surface area is 258 Å². The van der Waals surface area contributed by atoms with Gasteiger partial charge in [0.25, 0.3) is 0 Å². The molecule has 14 atom stereocenters. The van der Waals surface area contributed by atoms with Crippen LogP contribution in [-0.4, -0.2) is 186 Å². The molecule has 17 nitrogen and oxygen atoms in total. The molecular weight excluding hydrogens is 616 g/mol. The van der Waals surface area contributed by atoms with Crippen LogP contribution in [0.5, 0.6) is 0 Å². The van der Waals surface area contributed by atoms with Gasteiger partial charge in [-0.05, 0) is 30.8 Å². The number of ether oxygens (including phenoxy) is 6. The Morgan fingerprint density at radius 2 is 1.18 bits per heavy atom. The van der Waals surface area contributed by atoms with Crippen LogP contribution in [0.15, 0.2) is 0 Å². The fraction of sp³-hybridized carbons (Fsp3) is 1.00. The lowest BCUT2D eigenvalue weighted by Crippen LogP contribution is -2.70. The summed E-state index contributed by atoms with van der Waals surface area (Å²) in [5.74, 6) is -1.07. The standard InChI is InChI=1S/C26H48O17S/c1-2-3-7-44-8-5-4-6-38-25-26(36,37)22(35)21(14(11-29)41-25)43-24-19(34)17(32)20(13(10-28)40-24)42-23-18(33)16(31)15(30)12(9-27)39-23/h12-25,27-37H,2-11H2,1H3/t12?,13?,14?,15-,16-,17+,18?,19?,20-,21+,22-,23-,24-,25+/m0/s1. The van der Waals surface area contributed by atoms with Crippen LogP contribution < -0.4 is 0 Å². The molecule has 44 heavy (non-hydrogen) atoms. The van der Waals surface area contributed by atoms with E-state index in [1.54, 1.807) is 11.8 Å². The highest BCUT2D eigenvalue weighted by atomic mass is 32.2. The van der Waals surface area contributed by atoms with Crippen molar-refractivity contribution in [2.24, 2.45) is 0 Å². The number of rotatable bonds is 16. The van der Waals surface area contributed by atoms with E-state index in [9.17, 15) is 56.2 Å². The molecule has 0 spiro atoms. The molecule has 3 heterocycles. The summed E-state index contributed by atoms with van der Waals surface area (Å²) in [6.45, 7) is -0.211. The van der Waals surface area contributed by atoms with Crippen molar-refractivity contribution in [2.45, 2.75) is 124 Å². The predicted molar refractivity (Wildman–Crippen MR) is 148 cm³/mol. The average Bonchev–Trinajstić information content (AvgIpc) is 3.01. The first-order valence-electron chi connectivity index (χ1n) is 14.7. The molecule has 0 amide bonds. The van der Waals surface area contributed by atoms with Crippen LogP contribution in [0.25, 0.3) is 0 Å². The number of hydrogen-bond donors (Lipinski definition) is 11. The summed E-state index contributed by atoms with van der Waals surface area (Å²) in [5.41, 5.74) is 0. The Morgan fingerprint density at radius 1 is 0.636 bits per heavy atom. The van der Waals surface area contributed by atoms with E-state index in [0.717, 1.165) is 30.8 Å². The third-order valence-corrected chi connectivity index (χ3v) is 8.94. The second-order valence-corrected chi connectivity index (χ2v) is 12.3. The van der Waals surface area contributed by atoms with Gasteiger partial charge in [-0.15, -0.1) is 0 Å². The van der Waals surface area contributed by atoms with E-state index >= 15 is 0 Å². The maximum Gasteiger partial charge on any atom is 0.245 e. The third-order valence-electron chi connectivity index (χ3n) is 7.78. The summed E-state index contributed by atoms with van der Waals surface area (Å²) in [6, 6.07) is 0. The van der Waals surface area contributed by atoms with Crippen molar-refractivity contribution in [3.63, 3.8) is 0 Å². The molecule has 3 saturated heterocycles. The molecule has 0 saturated carbocycles. The molecule has 18 heteroatoms. The molecular formula is C26H48O17S. The van der Waals surface area contributed by atoms with Crippen LogP contribution >= 0.6 is 11.8 Å². The highest BCUT2D eigenvalue weighted by Gasteiger charge is 2.58. The number of aliphatic hydroxyl groups is 11. The predicted octanol–water partition coefficient (Wildman–Crippen LogP) is -4.92. The Kier molecular flexibility index (Phi) is 15.3. The van der Waals surface area contributed by atoms with Crippen molar-refractivity contribution in [1.29, 1.82) is 0 Å². The lowest BCUT2D eigenvalue weighted by Gasteiger charge is -2.49. The fourth-order valence-electron chi connectivity index (χ4n) is 5.06. The first-order valence-corrected chi connectivity index (χ1v) is 15.9. The van der Waals surface area contributed by atoms with Gasteiger partial charge in [0.15, 0.2) is 12.6 Å². The Balaban J connectivity index is 1.61. The lowest BCUT2D eigenvalue weighted by atomic mass is 9.94. The lowest BCUT2D eigenvalue weighted by molar-refractivity contribution is -0.425. The van der Waals surface area contributed by atoms with Gasteiger partial charge in [0.1, 0.15) is 67.1 Å². The molecule has 0 bridgehead atoms. The van der Waals surface area contributed by atoms with Crippen molar-refractivity contribution in [1.82, 2.24) is 0 Å². The third kappa shape index (κ3) is 8.97. The number of hydrogen-bond acceptors (Lipinski definition) is 18. The maximum absolute atomic E-state index is 10.8. The van der Waals surface area contributed by atoms with Crippen LogP contribution in [-0.2, 0) is 28.4 Å². The summed E-state index contributed by atoms with van der Waals surface area (Å²) < 4.78 is 32.8. The van der Waals surface area contributed by atoms with Crippen LogP contribution in [0.3, 0.4) is 0 Å². The molecule has 0 aromatic carbocycles. The van der Waals surface area contributed by atoms with Crippen molar-refractivity contribution < 1.29 is 84.6 Å². The molecule has 11 N–H and O–H groups in total. The highest BCUT2D eigenvalue weighted by Crippen LogP contribution is 2.35. The Hall–Kier alpha value is -0.330. The van der Waals surface area contributed by atoms with Gasteiger partial charge in [-0.3, -0.25) is 0 Å². The van der Waals surface area contributed by atoms with Crippen molar-refractivity contribution in [3.8, 4) is 0 Å². The molecule has 3 rings (SSSR count). The van der Waals surface area contributed by atoms with Gasteiger partial charge in [0.05, 0.1) is 19.8 Å². The Morgan fingerprint density at radius 3 is 1.80 bits per heavy atom. The zero-order valence-corrected chi connectivity index (χ0v) is 25.2. The van der Waals surface area contributed by atoms with Gasteiger partial charge >= 0.3 is 0 Å². The van der Waals surface area contributed by atoms with Gasteiger partial charge in [0.2, 0.25) is 12.1 Å². The molecule has 3 aliphatic rings. The minimum Gasteiger partial charge on any atom is -0.394 e. The van der Waals surface area contributed by atoms with E-state index in [4.69, 9.17) is 28.4 Å². The number of unbranched alkanes of at least 4 members (excludes halogenated alkanes) is 2. The van der Waals surface area contributed by atoms with Gasteiger partial charge < -0.3 is 84.6 Å². The van der Waals surface area contributed by atoms with Gasteiger partial charge in [0, 0.05) is 6.61 Å². The normalized spacial score (nSPS) is 42.8. The molecule has 0 radical (unpaired) electrons. The molecule has 0 aromatic rings. The van der Waals surface area contributed by atoms with E-state index in [1.165, 1.54) is 0 Å². The van der Waals surface area contributed by atoms with E-state index < -0.39 is 112 Å². The minimum atomic E-state index is -3.02. The summed E-state index contributed by atoms with van der Waals surface area (Å²) in [6.07, 6.45) is -20.7. The van der Waals surface area contributed by atoms with Crippen molar-refractivity contribution in [3.05, 3.63) is 0 Å². The molecule has 260 valence electrons. The molecule has 0 aromatic heterocycles. The van der Waals surface area contributed by atoms with Crippen LogP contribution in [0, 0.1) is 0 Å². The first kappa shape index (κ1) is 38.1. The van der Waals surface area contributed by atoms with E-state index in [0.29, 0.717) is 6.42 Å². The SMILES string of the molecule is CCCCSCCCCO[C@@H]1OC(CO)[C@@H](O[C@@H]2OC(CO)[C@H](O[C@@H]3OC(CO)[C@H](O)[C@H](O)C3O)[C@H](O)C2O)[C@H](O)C1(O)O. The van der Waals surface area contributed by atoms with E-state index in [-0.39, 0.29) is 6.61 Å².